The molecule has 0 spiro atoms. The zero-order valence-electron chi connectivity index (χ0n) is 13.8. The first-order chi connectivity index (χ1) is 10.7. The first-order valence-electron chi connectivity index (χ1n) is 7.59. The van der Waals surface area contributed by atoms with E-state index in [2.05, 4.69) is 21.2 Å². The van der Waals surface area contributed by atoms with Gasteiger partial charge in [0.15, 0.2) is 0 Å². The van der Waals surface area contributed by atoms with Gasteiger partial charge in [-0.15, -0.1) is 0 Å². The molecule has 1 amide bonds. The van der Waals surface area contributed by atoms with Gasteiger partial charge in [-0.2, -0.15) is 0 Å². The Bertz CT molecular complexity index is 643. The highest BCUT2D eigenvalue weighted by Crippen LogP contribution is 2.51. The van der Waals surface area contributed by atoms with Crippen molar-refractivity contribution < 1.29 is 19.4 Å². The number of carbonyl (C=O) groups is 2. The highest BCUT2D eigenvalue weighted by atomic mass is 79.9. The van der Waals surface area contributed by atoms with Crippen LogP contribution >= 0.6 is 15.9 Å². The quantitative estimate of drug-likeness (QED) is 0.818. The molecule has 1 aliphatic rings. The summed E-state index contributed by atoms with van der Waals surface area (Å²) in [6, 6.07) is 5.20. The van der Waals surface area contributed by atoms with Gasteiger partial charge in [0.1, 0.15) is 5.54 Å². The van der Waals surface area contributed by atoms with Crippen molar-refractivity contribution in [1.29, 1.82) is 0 Å². The van der Waals surface area contributed by atoms with Gasteiger partial charge < -0.3 is 15.2 Å². The lowest BCUT2D eigenvalue weighted by Crippen LogP contribution is -2.76. The molecule has 126 valence electrons. The van der Waals surface area contributed by atoms with E-state index in [1.807, 2.05) is 27.7 Å². The average molecular weight is 384 g/mol. The van der Waals surface area contributed by atoms with Crippen LogP contribution in [0.15, 0.2) is 22.7 Å². The van der Waals surface area contributed by atoms with Crippen LogP contribution in [-0.2, 0) is 9.53 Å². The van der Waals surface area contributed by atoms with Gasteiger partial charge in [0.25, 0.3) is 5.91 Å². The van der Waals surface area contributed by atoms with Crippen LogP contribution in [0.5, 0.6) is 0 Å². The highest BCUT2D eigenvalue weighted by Gasteiger charge is 2.66. The maximum Gasteiger partial charge on any atom is 0.330 e. The third-order valence-electron chi connectivity index (χ3n) is 4.88. The molecule has 0 saturated heterocycles. The lowest BCUT2D eigenvalue weighted by atomic mass is 9.54. The summed E-state index contributed by atoms with van der Waals surface area (Å²) in [5.74, 6) is -1.41. The van der Waals surface area contributed by atoms with Crippen LogP contribution in [0.3, 0.4) is 0 Å². The number of aryl methyl sites for hydroxylation is 1. The molecule has 0 aliphatic heterocycles. The smallest absolute Gasteiger partial charge is 0.330 e. The van der Waals surface area contributed by atoms with Crippen LogP contribution in [0.1, 0.15) is 43.1 Å². The van der Waals surface area contributed by atoms with E-state index in [0.717, 1.165) is 10.0 Å². The van der Waals surface area contributed by atoms with Gasteiger partial charge in [-0.05, 0) is 37.6 Å². The molecule has 23 heavy (non-hydrogen) atoms. The molecule has 2 rings (SSSR count). The molecular formula is C17H22BrNO4. The zero-order chi connectivity index (χ0) is 17.4. The first kappa shape index (κ1) is 17.9. The van der Waals surface area contributed by atoms with Crippen LogP contribution < -0.4 is 5.32 Å². The fourth-order valence-corrected chi connectivity index (χ4v) is 3.34. The molecule has 1 aromatic rings. The first-order valence-corrected chi connectivity index (χ1v) is 8.38. The molecule has 6 heteroatoms. The van der Waals surface area contributed by atoms with E-state index < -0.39 is 16.9 Å². The number of carboxylic acid groups (broad SMARTS) is 1. The fraction of sp³-hybridized carbons (Fsp3) is 0.529. The monoisotopic (exact) mass is 383 g/mol. The average Bonchev–Trinajstić information content (AvgIpc) is 2.48. The van der Waals surface area contributed by atoms with E-state index in [4.69, 9.17) is 4.74 Å². The van der Waals surface area contributed by atoms with Gasteiger partial charge in [-0.25, -0.2) is 4.79 Å². The Morgan fingerprint density at radius 1 is 1.43 bits per heavy atom. The van der Waals surface area contributed by atoms with Crippen molar-refractivity contribution in [2.75, 3.05) is 6.61 Å². The van der Waals surface area contributed by atoms with E-state index >= 15 is 0 Å². The van der Waals surface area contributed by atoms with Crippen molar-refractivity contribution in [3.8, 4) is 0 Å². The second-order valence-electron chi connectivity index (χ2n) is 6.50. The Morgan fingerprint density at radius 3 is 2.57 bits per heavy atom. The van der Waals surface area contributed by atoms with E-state index in [9.17, 15) is 14.7 Å². The molecule has 0 bridgehead atoms. The molecule has 2 unspecified atom stereocenters. The third-order valence-corrected chi connectivity index (χ3v) is 5.77. The number of rotatable bonds is 5. The molecule has 5 nitrogen and oxygen atoms in total. The topological polar surface area (TPSA) is 75.6 Å². The summed E-state index contributed by atoms with van der Waals surface area (Å²) in [5.41, 5.74) is -0.635. The lowest BCUT2D eigenvalue weighted by molar-refractivity contribution is -0.190. The normalized spacial score (nSPS) is 25.5. The van der Waals surface area contributed by atoms with Crippen molar-refractivity contribution in [3.05, 3.63) is 33.8 Å². The van der Waals surface area contributed by atoms with Gasteiger partial charge in [0, 0.05) is 28.5 Å². The number of hydrogen-bond acceptors (Lipinski definition) is 3. The number of ether oxygens (including phenoxy) is 1. The Hall–Kier alpha value is -1.40. The summed E-state index contributed by atoms with van der Waals surface area (Å²) in [5, 5.41) is 12.5. The molecule has 0 heterocycles. The lowest BCUT2D eigenvalue weighted by Gasteiger charge is -2.58. The molecule has 1 fully saturated rings. The minimum Gasteiger partial charge on any atom is -0.479 e. The van der Waals surface area contributed by atoms with Gasteiger partial charge in [0.05, 0.1) is 6.10 Å². The predicted octanol–water partition coefficient (Wildman–Crippen LogP) is 3.15. The van der Waals surface area contributed by atoms with Crippen molar-refractivity contribution >= 4 is 27.8 Å². The van der Waals surface area contributed by atoms with Gasteiger partial charge >= 0.3 is 5.97 Å². The number of amides is 1. The number of aliphatic carboxylic acids is 1. The largest absolute Gasteiger partial charge is 0.479 e. The van der Waals surface area contributed by atoms with E-state index in [1.165, 1.54) is 0 Å². The van der Waals surface area contributed by atoms with Gasteiger partial charge in [-0.3, -0.25) is 4.79 Å². The number of hydrogen-bond donors (Lipinski definition) is 2. The minimum atomic E-state index is -1.31. The Morgan fingerprint density at radius 2 is 2.09 bits per heavy atom. The summed E-state index contributed by atoms with van der Waals surface area (Å²) in [6.45, 7) is 7.91. The predicted molar refractivity (Wildman–Crippen MR) is 90.5 cm³/mol. The Labute approximate surface area is 144 Å². The van der Waals surface area contributed by atoms with Gasteiger partial charge in [-0.1, -0.05) is 29.8 Å². The maximum absolute atomic E-state index is 12.5. The van der Waals surface area contributed by atoms with Crippen LogP contribution in [0.2, 0.25) is 0 Å². The third kappa shape index (κ3) is 2.90. The van der Waals surface area contributed by atoms with E-state index in [-0.39, 0.29) is 18.4 Å². The number of nitrogens with one attached hydrogen (secondary N) is 1. The summed E-state index contributed by atoms with van der Waals surface area (Å²) in [7, 11) is 0. The van der Waals surface area contributed by atoms with Crippen LogP contribution in [-0.4, -0.2) is 35.2 Å². The van der Waals surface area contributed by atoms with Gasteiger partial charge in [0.2, 0.25) is 0 Å². The summed E-state index contributed by atoms with van der Waals surface area (Å²) in [6.07, 6.45) is 0.0836. The summed E-state index contributed by atoms with van der Waals surface area (Å²) < 4.78 is 6.50. The SMILES string of the molecule is CCOC1CC(NC(=O)c2ccc(Br)c(C)c2)(C(=O)O)C1(C)C. The molecular weight excluding hydrogens is 362 g/mol. The fourth-order valence-electron chi connectivity index (χ4n) is 3.09. The molecule has 1 aliphatic carbocycles. The molecule has 1 aromatic carbocycles. The van der Waals surface area contributed by atoms with E-state index in [0.29, 0.717) is 12.2 Å². The number of benzene rings is 1. The zero-order valence-corrected chi connectivity index (χ0v) is 15.4. The van der Waals surface area contributed by atoms with Crippen LogP contribution in [0.4, 0.5) is 0 Å². The number of carbonyl (C=O) groups excluding carboxylic acids is 1. The molecule has 0 radical (unpaired) electrons. The van der Waals surface area contributed by atoms with Crippen molar-refractivity contribution in [2.24, 2.45) is 5.41 Å². The standard InChI is InChI=1S/C17H22BrNO4/c1-5-23-13-9-17(15(21)22,16(13,3)4)19-14(20)11-6-7-12(18)10(2)8-11/h6-8,13H,5,9H2,1-4H3,(H,19,20)(H,21,22). The van der Waals surface area contributed by atoms with Crippen molar-refractivity contribution in [2.45, 2.75) is 45.8 Å². The van der Waals surface area contributed by atoms with Crippen LogP contribution in [0, 0.1) is 12.3 Å². The molecule has 2 atom stereocenters. The Kier molecular flexibility index (Phi) is 4.87. The summed E-state index contributed by atoms with van der Waals surface area (Å²) in [4.78, 5) is 24.4. The summed E-state index contributed by atoms with van der Waals surface area (Å²) >= 11 is 3.39. The minimum absolute atomic E-state index is 0.185. The Balaban J connectivity index is 2.26. The van der Waals surface area contributed by atoms with Crippen molar-refractivity contribution in [1.82, 2.24) is 5.32 Å². The van der Waals surface area contributed by atoms with Crippen molar-refractivity contribution in [3.63, 3.8) is 0 Å². The van der Waals surface area contributed by atoms with E-state index in [1.54, 1.807) is 18.2 Å². The van der Waals surface area contributed by atoms with Crippen LogP contribution in [0.25, 0.3) is 0 Å². The second kappa shape index (κ2) is 6.24. The molecule has 1 saturated carbocycles. The molecule has 0 aromatic heterocycles. The maximum atomic E-state index is 12.5. The second-order valence-corrected chi connectivity index (χ2v) is 7.35. The highest BCUT2D eigenvalue weighted by molar-refractivity contribution is 9.10. The number of halogens is 1. The molecule has 2 N–H and O–H groups in total. The number of carboxylic acids is 1.